The highest BCUT2D eigenvalue weighted by molar-refractivity contribution is 7.92. The topological polar surface area (TPSA) is 115 Å². The monoisotopic (exact) mass is 296 g/mol. The minimum atomic E-state index is -3.83. The summed E-state index contributed by atoms with van der Waals surface area (Å²) in [7, 11) is -3.83. The van der Waals surface area contributed by atoms with Crippen LogP contribution in [0.3, 0.4) is 0 Å². The number of nitrogens with zero attached hydrogens (tertiary/aromatic N) is 3. The standard InChI is InChI=1S/C11H16N6O2S/c1-8(2)17-7-9(6-14-17)16-20(18,19)11-10(15-12)4-3-5-13-11/h3-8,15-16H,12H2,1-2H3. The Morgan fingerprint density at radius 1 is 1.40 bits per heavy atom. The summed E-state index contributed by atoms with van der Waals surface area (Å²) in [4.78, 5) is 3.84. The van der Waals surface area contributed by atoms with Crippen LogP contribution in [0.25, 0.3) is 0 Å². The molecule has 0 aromatic carbocycles. The summed E-state index contributed by atoms with van der Waals surface area (Å²) in [6.45, 7) is 3.89. The maximum atomic E-state index is 12.3. The predicted octanol–water partition coefficient (Wildman–Crippen LogP) is 0.945. The highest BCUT2D eigenvalue weighted by Crippen LogP contribution is 2.20. The first kappa shape index (κ1) is 14.3. The van der Waals surface area contributed by atoms with Gasteiger partial charge in [-0.3, -0.25) is 15.2 Å². The molecule has 2 rings (SSSR count). The molecule has 0 amide bonds. The first-order chi connectivity index (χ1) is 9.44. The summed E-state index contributed by atoms with van der Waals surface area (Å²) in [6, 6.07) is 3.26. The van der Waals surface area contributed by atoms with Gasteiger partial charge in [0.05, 0.1) is 17.6 Å². The van der Waals surface area contributed by atoms with Crippen molar-refractivity contribution in [3.8, 4) is 0 Å². The van der Waals surface area contributed by atoms with E-state index in [2.05, 4.69) is 20.2 Å². The van der Waals surface area contributed by atoms with Gasteiger partial charge in [0, 0.05) is 18.4 Å². The summed E-state index contributed by atoms with van der Waals surface area (Å²) >= 11 is 0. The second kappa shape index (κ2) is 5.47. The lowest BCUT2D eigenvalue weighted by atomic mass is 10.4. The van der Waals surface area contributed by atoms with Gasteiger partial charge < -0.3 is 5.43 Å². The van der Waals surface area contributed by atoms with Gasteiger partial charge in [-0.15, -0.1) is 0 Å². The van der Waals surface area contributed by atoms with Crippen molar-refractivity contribution in [3.63, 3.8) is 0 Å². The van der Waals surface area contributed by atoms with Crippen molar-refractivity contribution < 1.29 is 8.42 Å². The molecule has 0 aliphatic heterocycles. The Kier molecular flexibility index (Phi) is 3.91. The number of sulfonamides is 1. The normalized spacial score (nSPS) is 11.6. The average Bonchev–Trinajstić information content (AvgIpc) is 2.86. The Balaban J connectivity index is 2.31. The van der Waals surface area contributed by atoms with Crippen molar-refractivity contribution in [1.82, 2.24) is 14.8 Å². The predicted molar refractivity (Wildman–Crippen MR) is 75.5 cm³/mol. The van der Waals surface area contributed by atoms with Gasteiger partial charge in [0.1, 0.15) is 0 Å². The lowest BCUT2D eigenvalue weighted by molar-refractivity contribution is 0.532. The summed E-state index contributed by atoms with van der Waals surface area (Å²) in [5.41, 5.74) is 2.90. The van der Waals surface area contributed by atoms with Gasteiger partial charge >= 0.3 is 0 Å². The second-order valence-corrected chi connectivity index (χ2v) is 6.01. The first-order valence-corrected chi connectivity index (χ1v) is 7.41. The van der Waals surface area contributed by atoms with Gasteiger partial charge in [-0.2, -0.15) is 13.5 Å². The van der Waals surface area contributed by atoms with Crippen LogP contribution in [0.1, 0.15) is 19.9 Å². The van der Waals surface area contributed by atoms with Crippen molar-refractivity contribution in [1.29, 1.82) is 0 Å². The maximum Gasteiger partial charge on any atom is 0.281 e. The van der Waals surface area contributed by atoms with Crippen molar-refractivity contribution in [3.05, 3.63) is 30.7 Å². The highest BCUT2D eigenvalue weighted by Gasteiger charge is 2.20. The third-order valence-electron chi connectivity index (χ3n) is 2.56. The molecule has 4 N–H and O–H groups in total. The number of nitrogens with one attached hydrogen (secondary N) is 2. The quantitative estimate of drug-likeness (QED) is 0.559. The lowest BCUT2D eigenvalue weighted by Gasteiger charge is -2.09. The lowest BCUT2D eigenvalue weighted by Crippen LogP contribution is -2.18. The molecule has 2 aromatic heterocycles. The van der Waals surface area contributed by atoms with Crippen LogP contribution in [0.15, 0.2) is 35.7 Å². The van der Waals surface area contributed by atoms with E-state index in [1.807, 2.05) is 13.8 Å². The minimum absolute atomic E-state index is 0.143. The van der Waals surface area contributed by atoms with Crippen molar-refractivity contribution >= 4 is 21.4 Å². The molecule has 0 radical (unpaired) electrons. The zero-order valence-corrected chi connectivity index (χ0v) is 11.9. The van der Waals surface area contributed by atoms with Crippen LogP contribution in [-0.2, 0) is 10.0 Å². The van der Waals surface area contributed by atoms with E-state index in [0.717, 1.165) is 0 Å². The summed E-state index contributed by atoms with van der Waals surface area (Å²) in [5, 5.41) is 3.90. The van der Waals surface area contributed by atoms with E-state index >= 15 is 0 Å². The summed E-state index contributed by atoms with van der Waals surface area (Å²) in [5.74, 6) is 5.29. The molecule has 0 saturated heterocycles. The molecular formula is C11H16N6O2S. The Hall–Kier alpha value is -2.13. The third-order valence-corrected chi connectivity index (χ3v) is 3.90. The van der Waals surface area contributed by atoms with E-state index in [4.69, 9.17) is 5.84 Å². The number of hydrogen-bond donors (Lipinski definition) is 3. The molecule has 0 saturated carbocycles. The fourth-order valence-electron chi connectivity index (χ4n) is 1.59. The molecule has 0 aliphatic carbocycles. The molecule has 20 heavy (non-hydrogen) atoms. The van der Waals surface area contributed by atoms with Crippen molar-refractivity contribution in [2.24, 2.45) is 5.84 Å². The van der Waals surface area contributed by atoms with Gasteiger partial charge in [-0.1, -0.05) is 0 Å². The largest absolute Gasteiger partial charge is 0.321 e. The zero-order chi connectivity index (χ0) is 14.8. The molecule has 0 fully saturated rings. The fourth-order valence-corrected chi connectivity index (χ4v) is 2.72. The van der Waals surface area contributed by atoms with Gasteiger partial charge in [-0.05, 0) is 26.0 Å². The number of nitrogens with two attached hydrogens (primary N) is 1. The van der Waals surface area contributed by atoms with E-state index in [1.165, 1.54) is 18.5 Å². The van der Waals surface area contributed by atoms with E-state index in [1.54, 1.807) is 16.9 Å². The van der Waals surface area contributed by atoms with Crippen LogP contribution >= 0.6 is 0 Å². The molecule has 2 aromatic rings. The van der Waals surface area contributed by atoms with Crippen LogP contribution in [-0.4, -0.2) is 23.2 Å². The molecule has 9 heteroatoms. The molecule has 0 atom stereocenters. The van der Waals surface area contributed by atoms with E-state index in [0.29, 0.717) is 5.69 Å². The SMILES string of the molecule is CC(C)n1cc(NS(=O)(=O)c2ncccc2NN)cn1. The summed E-state index contributed by atoms with van der Waals surface area (Å²) < 4.78 is 28.6. The molecular weight excluding hydrogens is 280 g/mol. The van der Waals surface area contributed by atoms with Crippen molar-refractivity contribution in [2.75, 3.05) is 10.1 Å². The second-order valence-electron chi connectivity index (χ2n) is 4.41. The van der Waals surface area contributed by atoms with Gasteiger partial charge in [-0.25, -0.2) is 4.98 Å². The third kappa shape index (κ3) is 2.89. The molecule has 8 nitrogen and oxygen atoms in total. The first-order valence-electron chi connectivity index (χ1n) is 5.92. The molecule has 0 spiro atoms. The molecule has 0 bridgehead atoms. The van der Waals surface area contributed by atoms with Gasteiger partial charge in [0.2, 0.25) is 5.03 Å². The molecule has 0 aliphatic rings. The van der Waals surface area contributed by atoms with Crippen LogP contribution in [0.5, 0.6) is 0 Å². The summed E-state index contributed by atoms with van der Waals surface area (Å²) in [6.07, 6.45) is 4.43. The van der Waals surface area contributed by atoms with Crippen molar-refractivity contribution in [2.45, 2.75) is 24.9 Å². The Morgan fingerprint density at radius 3 is 2.75 bits per heavy atom. The number of hydrazine groups is 1. The van der Waals surface area contributed by atoms with Gasteiger partial charge in [0.15, 0.2) is 0 Å². The number of hydrogen-bond acceptors (Lipinski definition) is 6. The van der Waals surface area contributed by atoms with E-state index in [9.17, 15) is 8.42 Å². The smallest absolute Gasteiger partial charge is 0.281 e. The average molecular weight is 296 g/mol. The van der Waals surface area contributed by atoms with E-state index < -0.39 is 10.0 Å². The van der Waals surface area contributed by atoms with Crippen LogP contribution in [0.4, 0.5) is 11.4 Å². The Labute approximate surface area is 117 Å². The van der Waals surface area contributed by atoms with Gasteiger partial charge in [0.25, 0.3) is 10.0 Å². The van der Waals surface area contributed by atoms with Crippen LogP contribution < -0.4 is 16.0 Å². The number of anilines is 2. The molecule has 108 valence electrons. The van der Waals surface area contributed by atoms with E-state index in [-0.39, 0.29) is 16.8 Å². The molecule has 2 heterocycles. The number of aromatic nitrogens is 3. The fraction of sp³-hybridized carbons (Fsp3) is 0.273. The number of pyridine rings is 1. The van der Waals surface area contributed by atoms with Crippen LogP contribution in [0, 0.1) is 0 Å². The van der Waals surface area contributed by atoms with Crippen LogP contribution in [0.2, 0.25) is 0 Å². The Morgan fingerprint density at radius 2 is 2.15 bits per heavy atom. The zero-order valence-electron chi connectivity index (χ0n) is 11.1. The maximum absolute atomic E-state index is 12.3. The Bertz CT molecular complexity index is 694. The number of nitrogen functional groups attached to an aromatic ring is 1. The minimum Gasteiger partial charge on any atom is -0.321 e. The molecule has 0 unspecified atom stereocenters. The number of rotatable bonds is 5. The highest BCUT2D eigenvalue weighted by atomic mass is 32.2.